The molecule has 0 aliphatic carbocycles. The average molecular weight is 276 g/mol. The Morgan fingerprint density at radius 3 is 2.76 bits per heavy atom. The Hall–Kier alpha value is -2.67. The molecule has 0 saturated heterocycles. The highest BCUT2D eigenvalue weighted by Gasteiger charge is 2.15. The van der Waals surface area contributed by atoms with Crippen molar-refractivity contribution in [2.75, 3.05) is 0 Å². The summed E-state index contributed by atoms with van der Waals surface area (Å²) >= 11 is 0. The second-order valence-corrected chi connectivity index (χ2v) is 5.01. The average Bonchev–Trinajstić information content (AvgIpc) is 2.95. The van der Waals surface area contributed by atoms with E-state index in [1.165, 1.54) is 0 Å². The molecule has 0 saturated carbocycles. The Bertz CT molecular complexity index is 806. The van der Waals surface area contributed by atoms with Gasteiger partial charge in [0.25, 0.3) is 0 Å². The molecule has 2 aromatic carbocycles. The zero-order valence-corrected chi connectivity index (χ0v) is 12.0. The van der Waals surface area contributed by atoms with Crippen molar-refractivity contribution in [2.45, 2.75) is 26.2 Å². The van der Waals surface area contributed by atoms with Gasteiger partial charge in [0.1, 0.15) is 6.07 Å². The number of fused-ring (bicyclic) bond motifs is 1. The summed E-state index contributed by atoms with van der Waals surface area (Å²) in [7, 11) is 0. The van der Waals surface area contributed by atoms with E-state index in [1.54, 1.807) is 0 Å². The van der Waals surface area contributed by atoms with E-state index in [4.69, 9.17) is 0 Å². The minimum Gasteiger partial charge on any atom is -0.216 e. The third-order valence-corrected chi connectivity index (χ3v) is 3.63. The SMILES string of the molecule is CCCCc1c(C#N)nnn1-c1cccc2ccccc12. The maximum atomic E-state index is 9.23. The maximum absolute atomic E-state index is 9.23. The van der Waals surface area contributed by atoms with Crippen LogP contribution in [0.1, 0.15) is 31.2 Å². The monoisotopic (exact) mass is 276 g/mol. The molecule has 0 aliphatic heterocycles. The normalized spacial score (nSPS) is 10.7. The van der Waals surface area contributed by atoms with Crippen LogP contribution < -0.4 is 0 Å². The summed E-state index contributed by atoms with van der Waals surface area (Å²) in [4.78, 5) is 0. The van der Waals surface area contributed by atoms with Crippen molar-refractivity contribution >= 4 is 10.8 Å². The van der Waals surface area contributed by atoms with Gasteiger partial charge in [0.2, 0.25) is 0 Å². The zero-order valence-electron chi connectivity index (χ0n) is 12.0. The summed E-state index contributed by atoms with van der Waals surface area (Å²) < 4.78 is 1.82. The number of benzene rings is 2. The fourth-order valence-corrected chi connectivity index (χ4v) is 2.54. The number of rotatable bonds is 4. The van der Waals surface area contributed by atoms with Crippen molar-refractivity contribution in [3.8, 4) is 11.8 Å². The first-order chi connectivity index (χ1) is 10.3. The molecule has 0 spiro atoms. The molecule has 21 heavy (non-hydrogen) atoms. The summed E-state index contributed by atoms with van der Waals surface area (Å²) in [5.41, 5.74) is 2.31. The van der Waals surface area contributed by atoms with Gasteiger partial charge < -0.3 is 0 Å². The highest BCUT2D eigenvalue weighted by molar-refractivity contribution is 5.90. The van der Waals surface area contributed by atoms with E-state index >= 15 is 0 Å². The number of aromatic nitrogens is 3. The van der Waals surface area contributed by atoms with E-state index in [9.17, 15) is 5.26 Å². The minimum absolute atomic E-state index is 0.427. The fraction of sp³-hybridized carbons (Fsp3) is 0.235. The van der Waals surface area contributed by atoms with Crippen LogP contribution in [0, 0.1) is 11.3 Å². The second-order valence-electron chi connectivity index (χ2n) is 5.01. The molecule has 4 heteroatoms. The lowest BCUT2D eigenvalue weighted by molar-refractivity contribution is 0.717. The first-order valence-corrected chi connectivity index (χ1v) is 7.18. The quantitative estimate of drug-likeness (QED) is 0.731. The van der Waals surface area contributed by atoms with Gasteiger partial charge in [0, 0.05) is 5.39 Å². The highest BCUT2D eigenvalue weighted by Crippen LogP contribution is 2.24. The Morgan fingerprint density at radius 2 is 1.95 bits per heavy atom. The molecule has 0 aliphatic rings. The Balaban J connectivity index is 2.19. The summed E-state index contributed by atoms with van der Waals surface area (Å²) in [5.74, 6) is 0. The Labute approximate surface area is 123 Å². The van der Waals surface area contributed by atoms with Crippen molar-refractivity contribution in [1.29, 1.82) is 5.26 Å². The topological polar surface area (TPSA) is 54.5 Å². The smallest absolute Gasteiger partial charge is 0.186 e. The predicted octanol–water partition coefficient (Wildman–Crippen LogP) is 3.63. The van der Waals surface area contributed by atoms with Crippen LogP contribution in [0.4, 0.5) is 0 Å². The van der Waals surface area contributed by atoms with Gasteiger partial charge >= 0.3 is 0 Å². The number of hydrogen-bond donors (Lipinski definition) is 0. The van der Waals surface area contributed by atoms with Crippen LogP contribution in [0.3, 0.4) is 0 Å². The molecule has 3 aromatic rings. The van der Waals surface area contributed by atoms with E-state index in [2.05, 4.69) is 41.5 Å². The van der Waals surface area contributed by atoms with Gasteiger partial charge in [-0.2, -0.15) is 5.26 Å². The molecule has 0 bridgehead atoms. The van der Waals surface area contributed by atoms with Gasteiger partial charge in [-0.05, 0) is 24.3 Å². The van der Waals surface area contributed by atoms with Gasteiger partial charge in [-0.3, -0.25) is 0 Å². The fourth-order valence-electron chi connectivity index (χ4n) is 2.54. The van der Waals surface area contributed by atoms with Crippen molar-refractivity contribution < 1.29 is 0 Å². The Kier molecular flexibility index (Phi) is 3.65. The van der Waals surface area contributed by atoms with E-state index in [1.807, 2.05) is 28.9 Å². The van der Waals surface area contributed by atoms with Gasteiger partial charge in [-0.1, -0.05) is 55.0 Å². The van der Waals surface area contributed by atoms with Gasteiger partial charge in [-0.15, -0.1) is 5.10 Å². The van der Waals surface area contributed by atoms with Crippen LogP contribution in [0.2, 0.25) is 0 Å². The standard InChI is InChI=1S/C17H16N4/c1-2-3-10-17-15(12-18)19-20-21(17)16-11-6-8-13-7-4-5-9-14(13)16/h4-9,11H,2-3,10H2,1H3. The van der Waals surface area contributed by atoms with Gasteiger partial charge in [-0.25, -0.2) is 4.68 Å². The molecule has 0 amide bonds. The summed E-state index contributed by atoms with van der Waals surface area (Å²) in [5, 5.41) is 19.7. The van der Waals surface area contributed by atoms with Crippen LogP contribution in [0.15, 0.2) is 42.5 Å². The molecule has 104 valence electrons. The summed E-state index contributed by atoms with van der Waals surface area (Å²) in [6.07, 6.45) is 2.91. The van der Waals surface area contributed by atoms with Crippen LogP contribution in [-0.4, -0.2) is 15.0 Å². The summed E-state index contributed by atoms with van der Waals surface area (Å²) in [6, 6.07) is 16.4. The third-order valence-electron chi connectivity index (χ3n) is 3.63. The lowest BCUT2D eigenvalue weighted by atomic mass is 10.1. The molecule has 0 fully saturated rings. The Morgan fingerprint density at radius 1 is 1.14 bits per heavy atom. The van der Waals surface area contributed by atoms with Crippen LogP contribution in [-0.2, 0) is 6.42 Å². The molecule has 0 unspecified atom stereocenters. The lowest BCUT2D eigenvalue weighted by Gasteiger charge is -2.09. The molecular weight excluding hydrogens is 260 g/mol. The van der Waals surface area contributed by atoms with Gasteiger partial charge in [0.15, 0.2) is 5.69 Å². The van der Waals surface area contributed by atoms with Crippen molar-refractivity contribution in [3.05, 3.63) is 53.9 Å². The largest absolute Gasteiger partial charge is 0.216 e. The number of unbranched alkanes of at least 4 members (excludes halogenated alkanes) is 1. The molecular formula is C17H16N4. The first-order valence-electron chi connectivity index (χ1n) is 7.18. The van der Waals surface area contributed by atoms with Crippen molar-refractivity contribution in [1.82, 2.24) is 15.0 Å². The van der Waals surface area contributed by atoms with Crippen molar-refractivity contribution in [3.63, 3.8) is 0 Å². The molecule has 1 heterocycles. The number of nitrogens with zero attached hydrogens (tertiary/aromatic N) is 4. The lowest BCUT2D eigenvalue weighted by Crippen LogP contribution is -2.04. The number of nitriles is 1. The zero-order chi connectivity index (χ0) is 14.7. The molecule has 0 radical (unpaired) electrons. The molecule has 4 nitrogen and oxygen atoms in total. The van der Waals surface area contributed by atoms with Crippen LogP contribution >= 0.6 is 0 Å². The molecule has 1 aromatic heterocycles. The van der Waals surface area contributed by atoms with E-state index < -0.39 is 0 Å². The molecule has 0 atom stereocenters. The van der Waals surface area contributed by atoms with Crippen molar-refractivity contribution in [2.24, 2.45) is 0 Å². The van der Waals surface area contributed by atoms with E-state index in [0.29, 0.717) is 5.69 Å². The van der Waals surface area contributed by atoms with Crippen LogP contribution in [0.5, 0.6) is 0 Å². The van der Waals surface area contributed by atoms with E-state index in [-0.39, 0.29) is 0 Å². The molecule has 3 rings (SSSR count). The third kappa shape index (κ3) is 2.38. The predicted molar refractivity (Wildman–Crippen MR) is 82.2 cm³/mol. The number of hydrogen-bond acceptors (Lipinski definition) is 3. The van der Waals surface area contributed by atoms with Gasteiger partial charge in [0.05, 0.1) is 11.4 Å². The van der Waals surface area contributed by atoms with Crippen LogP contribution in [0.25, 0.3) is 16.5 Å². The highest BCUT2D eigenvalue weighted by atomic mass is 15.4. The first kappa shape index (κ1) is 13.3. The molecule has 0 N–H and O–H groups in total. The maximum Gasteiger partial charge on any atom is 0.186 e. The second kappa shape index (κ2) is 5.76. The minimum atomic E-state index is 0.427. The summed E-state index contributed by atoms with van der Waals surface area (Å²) in [6.45, 7) is 2.14. The van der Waals surface area contributed by atoms with E-state index in [0.717, 1.165) is 41.4 Å².